The first kappa shape index (κ1) is 58.9. The SMILES string of the molecule is CC/C=C\C/C=C\C/C=C\C/C=C\C/C=C\CCCCCCCC(=O)OC(COCCCCCCCCCC/C=C\CCCCCCCC)COP(=O)(O)OCC[N+](C)(C)C. The highest BCUT2D eigenvalue weighted by Crippen LogP contribution is 2.43. The maximum Gasteiger partial charge on any atom is 0.472 e. The van der Waals surface area contributed by atoms with Crippen molar-refractivity contribution in [1.29, 1.82) is 0 Å². The van der Waals surface area contributed by atoms with Crippen molar-refractivity contribution in [2.75, 3.05) is 54.1 Å². The molecule has 0 saturated heterocycles. The van der Waals surface area contributed by atoms with Gasteiger partial charge in [-0.1, -0.05) is 177 Å². The summed E-state index contributed by atoms with van der Waals surface area (Å²) in [5.41, 5.74) is 0. The van der Waals surface area contributed by atoms with Gasteiger partial charge in [-0.25, -0.2) is 4.57 Å². The molecule has 2 unspecified atom stereocenters. The average Bonchev–Trinajstić information content (AvgIpc) is 3.22. The molecule has 0 aromatic carbocycles. The fourth-order valence-corrected chi connectivity index (χ4v) is 7.20. The predicted molar refractivity (Wildman–Crippen MR) is 261 cm³/mol. The van der Waals surface area contributed by atoms with Crippen molar-refractivity contribution < 1.29 is 37.3 Å². The molecule has 0 fully saturated rings. The highest BCUT2D eigenvalue weighted by molar-refractivity contribution is 7.47. The van der Waals surface area contributed by atoms with Gasteiger partial charge in [0, 0.05) is 13.0 Å². The minimum atomic E-state index is -4.29. The van der Waals surface area contributed by atoms with Crippen LogP contribution >= 0.6 is 7.82 Å². The molecule has 0 aliphatic carbocycles. The first-order chi connectivity index (χ1) is 29.6. The fourth-order valence-electron chi connectivity index (χ4n) is 6.46. The van der Waals surface area contributed by atoms with Crippen LogP contribution in [0.25, 0.3) is 0 Å². The van der Waals surface area contributed by atoms with E-state index >= 15 is 0 Å². The van der Waals surface area contributed by atoms with Crippen LogP contribution in [-0.4, -0.2) is 75.6 Å². The van der Waals surface area contributed by atoms with Crippen LogP contribution in [-0.2, 0) is 27.9 Å². The van der Waals surface area contributed by atoms with E-state index in [4.69, 9.17) is 18.5 Å². The van der Waals surface area contributed by atoms with E-state index in [2.05, 4.69) is 86.8 Å². The standard InChI is InChI=1S/C52H94NO7P/c1-6-8-10-12-14-16-18-20-22-24-26-27-28-29-31-33-35-37-39-41-43-45-52(54)60-51(50-59-61(55,56)58-48-46-53(3,4)5)49-57-47-44-42-40-38-36-34-32-30-25-23-21-19-17-15-13-11-9-7-2/h8,10,14,16,20-23,26-27,29,31,51H,6-7,9,11-13,15,17-19,24-25,28,30,32-50H2,1-5H3/p+1/b10-8-,16-14-,22-20-,23-21-,27-26-,31-29-. The van der Waals surface area contributed by atoms with Gasteiger partial charge in [-0.15, -0.1) is 0 Å². The molecule has 354 valence electrons. The molecule has 2 atom stereocenters. The lowest BCUT2D eigenvalue weighted by Gasteiger charge is -2.24. The molecule has 0 radical (unpaired) electrons. The van der Waals surface area contributed by atoms with E-state index in [9.17, 15) is 14.3 Å². The van der Waals surface area contributed by atoms with Crippen LogP contribution in [0, 0.1) is 0 Å². The highest BCUT2D eigenvalue weighted by Gasteiger charge is 2.26. The zero-order valence-electron chi connectivity index (χ0n) is 40.1. The molecule has 0 amide bonds. The van der Waals surface area contributed by atoms with E-state index < -0.39 is 13.9 Å². The molecule has 0 aliphatic heterocycles. The van der Waals surface area contributed by atoms with Gasteiger partial charge < -0.3 is 18.9 Å². The van der Waals surface area contributed by atoms with Gasteiger partial charge in [-0.2, -0.15) is 0 Å². The van der Waals surface area contributed by atoms with Gasteiger partial charge in [0.1, 0.15) is 19.3 Å². The quantitative estimate of drug-likeness (QED) is 0.0214. The van der Waals surface area contributed by atoms with Crippen molar-refractivity contribution in [1.82, 2.24) is 0 Å². The largest absolute Gasteiger partial charge is 0.472 e. The van der Waals surface area contributed by atoms with Gasteiger partial charge in [0.05, 0.1) is 34.4 Å². The van der Waals surface area contributed by atoms with Gasteiger partial charge >= 0.3 is 13.8 Å². The molecule has 0 spiro atoms. The summed E-state index contributed by atoms with van der Waals surface area (Å²) in [5, 5.41) is 0. The Morgan fingerprint density at radius 1 is 0.525 bits per heavy atom. The minimum Gasteiger partial charge on any atom is -0.457 e. The van der Waals surface area contributed by atoms with Crippen molar-refractivity contribution in [3.05, 3.63) is 72.9 Å². The van der Waals surface area contributed by atoms with Crippen LogP contribution in [0.15, 0.2) is 72.9 Å². The number of nitrogens with zero attached hydrogens (tertiary/aromatic N) is 1. The summed E-state index contributed by atoms with van der Waals surface area (Å²) >= 11 is 0. The van der Waals surface area contributed by atoms with Gasteiger partial charge in [0.25, 0.3) is 0 Å². The number of hydrogen-bond acceptors (Lipinski definition) is 6. The molecule has 0 aliphatic rings. The van der Waals surface area contributed by atoms with E-state index in [0.29, 0.717) is 24.1 Å². The Balaban J connectivity index is 4.24. The summed E-state index contributed by atoms with van der Waals surface area (Å²) in [7, 11) is 1.64. The zero-order valence-corrected chi connectivity index (χ0v) is 41.0. The number of carbonyl (C=O) groups excluding carboxylic acids is 1. The van der Waals surface area contributed by atoms with Gasteiger partial charge in [0.15, 0.2) is 0 Å². The zero-order chi connectivity index (χ0) is 44.8. The molecule has 1 N–H and O–H groups in total. The number of hydrogen-bond donors (Lipinski definition) is 1. The summed E-state index contributed by atoms with van der Waals surface area (Å²) in [6, 6.07) is 0. The number of phosphoric acid groups is 1. The topological polar surface area (TPSA) is 91.3 Å². The lowest BCUT2D eigenvalue weighted by molar-refractivity contribution is -0.870. The number of allylic oxidation sites excluding steroid dienone is 12. The second kappa shape index (κ2) is 44.5. The molecule has 0 bridgehead atoms. The monoisotopic (exact) mass is 877 g/mol. The first-order valence-electron chi connectivity index (χ1n) is 24.7. The Morgan fingerprint density at radius 3 is 1.44 bits per heavy atom. The molecule has 0 aromatic rings. The number of phosphoric ester groups is 1. The number of likely N-dealkylation sites (N-methyl/N-ethyl adjacent to an activating group) is 1. The Labute approximate surface area is 376 Å². The van der Waals surface area contributed by atoms with Crippen LogP contribution in [0.5, 0.6) is 0 Å². The third-order valence-electron chi connectivity index (χ3n) is 10.3. The van der Waals surface area contributed by atoms with E-state index in [1.54, 1.807) is 0 Å². The Kier molecular flexibility index (Phi) is 43.0. The van der Waals surface area contributed by atoms with E-state index in [-0.39, 0.29) is 25.8 Å². The number of esters is 1. The van der Waals surface area contributed by atoms with Crippen LogP contribution in [0.3, 0.4) is 0 Å². The summed E-state index contributed by atoms with van der Waals surface area (Å²) in [5.74, 6) is -0.334. The Hall–Kier alpha value is -2.06. The van der Waals surface area contributed by atoms with Crippen molar-refractivity contribution in [2.24, 2.45) is 0 Å². The van der Waals surface area contributed by atoms with E-state index in [1.807, 2.05) is 21.1 Å². The molecular weight excluding hydrogens is 782 g/mol. The Bertz CT molecular complexity index is 1200. The number of unbranched alkanes of at least 4 members (excludes halogenated alkanes) is 19. The van der Waals surface area contributed by atoms with Gasteiger partial charge in [-0.3, -0.25) is 13.8 Å². The molecule has 61 heavy (non-hydrogen) atoms. The first-order valence-corrected chi connectivity index (χ1v) is 26.2. The smallest absolute Gasteiger partial charge is 0.457 e. The summed E-state index contributed by atoms with van der Waals surface area (Å²) in [6.07, 6.45) is 58.0. The maximum atomic E-state index is 12.7. The lowest BCUT2D eigenvalue weighted by Crippen LogP contribution is -2.37. The van der Waals surface area contributed by atoms with Crippen molar-refractivity contribution in [3.8, 4) is 0 Å². The molecule has 0 aromatic heterocycles. The summed E-state index contributed by atoms with van der Waals surface area (Å²) in [6.45, 7) is 5.47. The maximum absolute atomic E-state index is 12.7. The molecule has 8 nitrogen and oxygen atoms in total. The van der Waals surface area contributed by atoms with Crippen LogP contribution < -0.4 is 0 Å². The molecule has 0 heterocycles. The molecule has 0 rings (SSSR count). The molecular formula is C52H95NO7P+. The van der Waals surface area contributed by atoms with Gasteiger partial charge in [-0.05, 0) is 83.5 Å². The minimum absolute atomic E-state index is 0.0806. The highest BCUT2D eigenvalue weighted by atomic mass is 31.2. The van der Waals surface area contributed by atoms with Crippen LogP contribution in [0.4, 0.5) is 0 Å². The predicted octanol–water partition coefficient (Wildman–Crippen LogP) is 15.1. The van der Waals surface area contributed by atoms with Crippen molar-refractivity contribution >= 4 is 13.8 Å². The number of quaternary nitrogens is 1. The van der Waals surface area contributed by atoms with Crippen molar-refractivity contribution in [2.45, 2.75) is 200 Å². The summed E-state index contributed by atoms with van der Waals surface area (Å²) < 4.78 is 35.1. The lowest BCUT2D eigenvalue weighted by atomic mass is 10.1. The summed E-state index contributed by atoms with van der Waals surface area (Å²) in [4.78, 5) is 23.0. The Morgan fingerprint density at radius 2 is 0.951 bits per heavy atom. The second-order valence-corrected chi connectivity index (χ2v) is 18.9. The van der Waals surface area contributed by atoms with Crippen molar-refractivity contribution in [3.63, 3.8) is 0 Å². The number of carbonyl (C=O) groups is 1. The number of rotatable bonds is 45. The fraction of sp³-hybridized carbons (Fsp3) is 0.750. The average molecular weight is 877 g/mol. The third kappa shape index (κ3) is 48.8. The van der Waals surface area contributed by atoms with E-state index in [1.165, 1.54) is 89.9 Å². The van der Waals surface area contributed by atoms with Gasteiger partial charge in [0.2, 0.25) is 0 Å². The number of ether oxygens (including phenoxy) is 2. The normalized spacial score (nSPS) is 14.3. The second-order valence-electron chi connectivity index (χ2n) is 17.5. The van der Waals surface area contributed by atoms with Crippen LogP contribution in [0.1, 0.15) is 194 Å². The third-order valence-corrected chi connectivity index (χ3v) is 11.2. The molecule has 0 saturated carbocycles. The molecule has 9 heteroatoms. The van der Waals surface area contributed by atoms with Crippen LogP contribution in [0.2, 0.25) is 0 Å². The van der Waals surface area contributed by atoms with E-state index in [0.717, 1.165) is 83.5 Å².